The number of esters is 1. The number of carbonyl (C=O) groups is 1. The topological polar surface area (TPSA) is 75.0 Å². The van der Waals surface area contributed by atoms with E-state index in [1.165, 1.54) is 0 Å². The molecule has 1 N–H and O–H groups in total. The third-order valence-electron chi connectivity index (χ3n) is 5.23. The molecule has 31 heavy (non-hydrogen) atoms. The number of hydrogen-bond acceptors (Lipinski definition) is 6. The molecular formula is C25H23N3O2S. The van der Waals surface area contributed by atoms with E-state index in [2.05, 4.69) is 11.4 Å². The van der Waals surface area contributed by atoms with Gasteiger partial charge >= 0.3 is 5.97 Å². The van der Waals surface area contributed by atoms with Crippen molar-refractivity contribution in [2.45, 2.75) is 39.7 Å². The largest absolute Gasteiger partial charge is 0.460 e. The second kappa shape index (κ2) is 8.37. The van der Waals surface area contributed by atoms with Gasteiger partial charge in [0.2, 0.25) is 0 Å². The predicted molar refractivity (Wildman–Crippen MR) is 123 cm³/mol. The highest BCUT2D eigenvalue weighted by Crippen LogP contribution is 2.42. The van der Waals surface area contributed by atoms with Gasteiger partial charge in [0.25, 0.3) is 0 Å². The van der Waals surface area contributed by atoms with Crippen LogP contribution in [0.15, 0.2) is 71.1 Å². The molecule has 5 nitrogen and oxygen atoms in total. The summed E-state index contributed by atoms with van der Waals surface area (Å²) in [5.41, 5.74) is 5.08. The van der Waals surface area contributed by atoms with Crippen molar-refractivity contribution in [3.8, 4) is 16.6 Å². The summed E-state index contributed by atoms with van der Waals surface area (Å²) in [5, 5.41) is 14.1. The number of fused-ring (bicyclic) bond motifs is 1. The van der Waals surface area contributed by atoms with Crippen molar-refractivity contribution in [3.05, 3.63) is 76.6 Å². The third kappa shape index (κ3) is 3.85. The van der Waals surface area contributed by atoms with Crippen LogP contribution in [-0.4, -0.2) is 17.1 Å². The van der Waals surface area contributed by atoms with E-state index in [0.717, 1.165) is 32.0 Å². The van der Waals surface area contributed by atoms with Crippen LogP contribution in [0.5, 0.6) is 0 Å². The van der Waals surface area contributed by atoms with Gasteiger partial charge in [0.05, 0.1) is 39.5 Å². The molecule has 0 saturated heterocycles. The molecule has 1 unspecified atom stereocenters. The number of hydrogen-bond donors (Lipinski definition) is 1. The van der Waals surface area contributed by atoms with Gasteiger partial charge in [-0.25, -0.2) is 9.78 Å². The summed E-state index contributed by atoms with van der Waals surface area (Å²) in [5.74, 6) is -0.951. The van der Waals surface area contributed by atoms with Crippen LogP contribution in [0, 0.1) is 11.3 Å². The Labute approximate surface area is 185 Å². The van der Waals surface area contributed by atoms with Crippen molar-refractivity contribution >= 4 is 27.5 Å². The molecule has 0 amide bonds. The van der Waals surface area contributed by atoms with E-state index in [1.54, 1.807) is 11.3 Å². The Morgan fingerprint density at radius 2 is 1.87 bits per heavy atom. The van der Waals surface area contributed by atoms with E-state index in [9.17, 15) is 10.1 Å². The normalized spacial score (nSPS) is 16.5. The molecule has 0 bridgehead atoms. The number of rotatable bonds is 4. The average molecular weight is 430 g/mol. The standard InChI is InChI=1S/C25H23N3O2S/c1-14(2)30-25(29)21-16(4)27-15(3)19(13-26)22(21)18-11-8-12-20-23(18)28-24(31-20)17-9-6-5-7-10-17/h5-12,14,22,27H,1-4H3. The molecule has 0 spiro atoms. The summed E-state index contributed by atoms with van der Waals surface area (Å²) in [6.07, 6.45) is -0.259. The summed E-state index contributed by atoms with van der Waals surface area (Å²) in [6.45, 7) is 7.34. The lowest BCUT2D eigenvalue weighted by Crippen LogP contribution is -2.29. The van der Waals surface area contributed by atoms with Crippen molar-refractivity contribution < 1.29 is 9.53 Å². The van der Waals surface area contributed by atoms with Crippen LogP contribution in [0.2, 0.25) is 0 Å². The first kappa shape index (κ1) is 20.8. The van der Waals surface area contributed by atoms with Gasteiger partial charge in [0, 0.05) is 17.0 Å². The molecule has 1 atom stereocenters. The van der Waals surface area contributed by atoms with Crippen LogP contribution in [-0.2, 0) is 9.53 Å². The summed E-state index contributed by atoms with van der Waals surface area (Å²) in [4.78, 5) is 18.0. The van der Waals surface area contributed by atoms with Crippen LogP contribution in [0.3, 0.4) is 0 Å². The number of thiazole rings is 1. The van der Waals surface area contributed by atoms with Gasteiger partial charge in [-0.3, -0.25) is 0 Å². The Morgan fingerprint density at radius 1 is 1.13 bits per heavy atom. The molecule has 4 rings (SSSR count). The van der Waals surface area contributed by atoms with E-state index < -0.39 is 11.9 Å². The number of nitrogens with zero attached hydrogens (tertiary/aromatic N) is 2. The molecule has 1 aliphatic rings. The predicted octanol–water partition coefficient (Wildman–Crippen LogP) is 5.67. The highest BCUT2D eigenvalue weighted by molar-refractivity contribution is 7.21. The molecule has 0 radical (unpaired) electrons. The minimum absolute atomic E-state index is 0.259. The van der Waals surface area contributed by atoms with Crippen molar-refractivity contribution in [2.24, 2.45) is 0 Å². The SMILES string of the molecule is CC1=C(C#N)C(c2cccc3sc(-c4ccccc4)nc23)C(C(=O)OC(C)C)=C(C)N1. The zero-order valence-corrected chi connectivity index (χ0v) is 18.7. The second-order valence-corrected chi connectivity index (χ2v) is 8.81. The summed E-state index contributed by atoms with van der Waals surface area (Å²) in [7, 11) is 0. The lowest BCUT2D eigenvalue weighted by molar-refractivity contribution is -0.143. The third-order valence-corrected chi connectivity index (χ3v) is 6.30. The zero-order valence-electron chi connectivity index (χ0n) is 17.9. The number of aromatic nitrogens is 1. The number of nitrogens with one attached hydrogen (secondary N) is 1. The smallest absolute Gasteiger partial charge is 0.337 e. The van der Waals surface area contributed by atoms with Gasteiger partial charge in [-0.1, -0.05) is 42.5 Å². The Bertz CT molecular complexity index is 1260. The maximum atomic E-state index is 13.1. The van der Waals surface area contributed by atoms with Gasteiger partial charge in [-0.2, -0.15) is 5.26 Å². The molecular weight excluding hydrogens is 406 g/mol. The monoisotopic (exact) mass is 429 g/mol. The van der Waals surface area contributed by atoms with Crippen LogP contribution in [0.4, 0.5) is 0 Å². The lowest BCUT2D eigenvalue weighted by atomic mass is 9.80. The number of allylic oxidation sites excluding steroid dienone is 3. The maximum absolute atomic E-state index is 13.1. The first-order chi connectivity index (χ1) is 14.9. The minimum atomic E-state index is -0.535. The molecule has 2 aromatic carbocycles. The van der Waals surface area contributed by atoms with E-state index in [4.69, 9.17) is 9.72 Å². The van der Waals surface area contributed by atoms with Gasteiger partial charge in [0.1, 0.15) is 5.01 Å². The Kier molecular flexibility index (Phi) is 5.62. The fraction of sp³-hybridized carbons (Fsp3) is 0.240. The second-order valence-electron chi connectivity index (χ2n) is 7.78. The van der Waals surface area contributed by atoms with E-state index in [1.807, 2.05) is 76.2 Å². The van der Waals surface area contributed by atoms with Crippen molar-refractivity contribution in [1.29, 1.82) is 5.26 Å². The summed E-state index contributed by atoms with van der Waals surface area (Å²) >= 11 is 1.60. The van der Waals surface area contributed by atoms with Crippen LogP contribution >= 0.6 is 11.3 Å². The highest BCUT2D eigenvalue weighted by atomic mass is 32.1. The number of para-hydroxylation sites is 1. The fourth-order valence-corrected chi connectivity index (χ4v) is 4.91. The summed E-state index contributed by atoms with van der Waals surface area (Å²) < 4.78 is 6.55. The van der Waals surface area contributed by atoms with Crippen LogP contribution in [0.25, 0.3) is 20.8 Å². The van der Waals surface area contributed by atoms with Gasteiger partial charge in [0.15, 0.2) is 0 Å². The molecule has 0 fully saturated rings. The van der Waals surface area contributed by atoms with E-state index >= 15 is 0 Å². The first-order valence-electron chi connectivity index (χ1n) is 10.1. The average Bonchev–Trinajstić information content (AvgIpc) is 3.18. The molecule has 1 aliphatic heterocycles. The Hall–Kier alpha value is -3.43. The zero-order chi connectivity index (χ0) is 22.1. The van der Waals surface area contributed by atoms with Crippen molar-refractivity contribution in [1.82, 2.24) is 10.3 Å². The molecule has 0 saturated carbocycles. The number of carbonyl (C=O) groups excluding carboxylic acids is 1. The quantitative estimate of drug-likeness (QED) is 0.541. The minimum Gasteiger partial charge on any atom is -0.460 e. The molecule has 1 aromatic heterocycles. The fourth-order valence-electron chi connectivity index (χ4n) is 3.91. The van der Waals surface area contributed by atoms with Gasteiger partial charge in [-0.05, 0) is 39.3 Å². The molecule has 3 aromatic rings. The molecule has 0 aliphatic carbocycles. The lowest BCUT2D eigenvalue weighted by Gasteiger charge is -2.29. The molecule has 156 valence electrons. The number of nitriles is 1. The number of dihydropyridines is 1. The molecule has 6 heteroatoms. The van der Waals surface area contributed by atoms with Gasteiger partial charge < -0.3 is 10.1 Å². The first-order valence-corrected chi connectivity index (χ1v) is 11.0. The van der Waals surface area contributed by atoms with Crippen LogP contribution in [0.1, 0.15) is 39.2 Å². The van der Waals surface area contributed by atoms with E-state index in [0.29, 0.717) is 16.8 Å². The Balaban J connectivity index is 1.92. The molecule has 2 heterocycles. The Morgan fingerprint density at radius 3 is 2.55 bits per heavy atom. The number of ether oxygens (including phenoxy) is 1. The summed E-state index contributed by atoms with van der Waals surface area (Å²) in [6, 6.07) is 18.3. The number of benzene rings is 2. The maximum Gasteiger partial charge on any atom is 0.337 e. The van der Waals surface area contributed by atoms with Gasteiger partial charge in [-0.15, -0.1) is 11.3 Å². The van der Waals surface area contributed by atoms with Crippen molar-refractivity contribution in [3.63, 3.8) is 0 Å². The highest BCUT2D eigenvalue weighted by Gasteiger charge is 2.36. The van der Waals surface area contributed by atoms with E-state index in [-0.39, 0.29) is 6.10 Å². The van der Waals surface area contributed by atoms with Crippen molar-refractivity contribution in [2.75, 3.05) is 0 Å². The van der Waals surface area contributed by atoms with Crippen LogP contribution < -0.4 is 5.32 Å².